The van der Waals surface area contributed by atoms with Crippen molar-refractivity contribution in [2.75, 3.05) is 10.6 Å². The molecule has 3 aromatic rings. The van der Waals surface area contributed by atoms with Crippen molar-refractivity contribution >= 4 is 39.2 Å². The molecule has 2 aromatic heterocycles. The molecule has 0 saturated heterocycles. The van der Waals surface area contributed by atoms with Crippen LogP contribution in [-0.2, 0) is 6.54 Å². The van der Waals surface area contributed by atoms with Crippen LogP contribution in [-0.4, -0.2) is 26.1 Å². The van der Waals surface area contributed by atoms with Crippen molar-refractivity contribution in [1.82, 2.24) is 15.0 Å². The van der Waals surface area contributed by atoms with E-state index < -0.39 is 0 Å². The molecule has 6 heteroatoms. The molecule has 0 spiro atoms. The zero-order valence-electron chi connectivity index (χ0n) is 16.1. The Labute approximate surface area is 177 Å². The Morgan fingerprint density at radius 2 is 1.93 bits per heavy atom. The first-order chi connectivity index (χ1) is 14.2. The molecule has 5 nitrogen and oxygen atoms in total. The van der Waals surface area contributed by atoms with E-state index in [-0.39, 0.29) is 16.9 Å². The van der Waals surface area contributed by atoms with Gasteiger partial charge in [-0.2, -0.15) is 0 Å². The summed E-state index contributed by atoms with van der Waals surface area (Å²) in [4.78, 5) is 25.9. The van der Waals surface area contributed by atoms with E-state index in [1.807, 2.05) is 36.4 Å². The van der Waals surface area contributed by atoms with Gasteiger partial charge in [0.1, 0.15) is 5.82 Å². The van der Waals surface area contributed by atoms with E-state index in [2.05, 4.69) is 61.3 Å². The standard InChI is InChI=1S/C23H21BrN4O/c1-15-10-11-18-21(20(15)16-7-3-2-4-8-16)23(28-22(27-18)19(29)13-24)26-14-17-9-5-6-12-25-17/h2-9,11-12,15H,10,13-14H2,1H3,(H,26,27,28). The summed E-state index contributed by atoms with van der Waals surface area (Å²) < 4.78 is 0. The molecular weight excluding hydrogens is 428 g/mol. The first-order valence-corrected chi connectivity index (χ1v) is 10.7. The molecular formula is C23H21BrN4O. The van der Waals surface area contributed by atoms with Crippen LogP contribution in [0.5, 0.6) is 0 Å². The highest BCUT2D eigenvalue weighted by Crippen LogP contribution is 2.25. The second-order valence-corrected chi connectivity index (χ2v) is 7.57. The largest absolute Gasteiger partial charge is 0.364 e. The fourth-order valence-corrected chi connectivity index (χ4v) is 3.83. The van der Waals surface area contributed by atoms with Crippen LogP contribution < -0.4 is 15.9 Å². The number of aromatic nitrogens is 3. The summed E-state index contributed by atoms with van der Waals surface area (Å²) in [5, 5.41) is 5.38. The zero-order chi connectivity index (χ0) is 20.2. The Bertz CT molecular complexity index is 1150. The van der Waals surface area contributed by atoms with Gasteiger partial charge in [-0.3, -0.25) is 9.78 Å². The molecule has 0 fully saturated rings. The number of nitrogens with zero attached hydrogens (tertiary/aromatic N) is 3. The third-order valence-electron chi connectivity index (χ3n) is 4.98. The van der Waals surface area contributed by atoms with Crippen molar-refractivity contribution in [2.45, 2.75) is 19.9 Å². The van der Waals surface area contributed by atoms with E-state index in [1.54, 1.807) is 6.20 Å². The zero-order valence-corrected chi connectivity index (χ0v) is 17.7. The lowest BCUT2D eigenvalue weighted by molar-refractivity contribution is 0.101. The average Bonchev–Trinajstić information content (AvgIpc) is 2.78. The fourth-order valence-electron chi connectivity index (χ4n) is 3.58. The van der Waals surface area contributed by atoms with E-state index in [1.165, 1.54) is 5.57 Å². The van der Waals surface area contributed by atoms with Crippen LogP contribution in [0.1, 0.15) is 35.2 Å². The minimum Gasteiger partial charge on any atom is -0.364 e. The van der Waals surface area contributed by atoms with Crippen LogP contribution in [0, 0.1) is 5.92 Å². The summed E-state index contributed by atoms with van der Waals surface area (Å²) in [5.41, 5.74) is 3.25. The van der Waals surface area contributed by atoms with Gasteiger partial charge in [-0.25, -0.2) is 9.97 Å². The van der Waals surface area contributed by atoms with Crippen LogP contribution in [0.15, 0.2) is 54.7 Å². The van der Waals surface area contributed by atoms with Gasteiger partial charge >= 0.3 is 0 Å². The summed E-state index contributed by atoms with van der Waals surface area (Å²) >= 11 is 3.23. The first kappa shape index (κ1) is 19.5. The Hall–Kier alpha value is -2.86. The fraction of sp³-hybridized carbons (Fsp3) is 0.217. The third-order valence-corrected chi connectivity index (χ3v) is 5.49. The lowest BCUT2D eigenvalue weighted by Gasteiger charge is -2.21. The summed E-state index contributed by atoms with van der Waals surface area (Å²) in [7, 11) is 0. The van der Waals surface area contributed by atoms with Crippen molar-refractivity contribution in [3.05, 3.63) is 82.4 Å². The topological polar surface area (TPSA) is 67.8 Å². The number of Topliss-reactive ketones (excluding diaryl/α,β-unsaturated/α-hetero) is 1. The molecule has 1 aliphatic rings. The number of carbonyl (C=O) groups excluding carboxylic acids is 1. The number of benzene rings is 1. The van der Waals surface area contributed by atoms with E-state index in [4.69, 9.17) is 0 Å². The monoisotopic (exact) mass is 448 g/mol. The Kier molecular flexibility index (Phi) is 5.81. The highest BCUT2D eigenvalue weighted by Gasteiger charge is 2.21. The summed E-state index contributed by atoms with van der Waals surface area (Å²) in [6.45, 7) is 2.73. The molecule has 0 saturated carbocycles. The average molecular weight is 449 g/mol. The van der Waals surface area contributed by atoms with Gasteiger partial charge in [0.2, 0.25) is 5.78 Å². The Morgan fingerprint density at radius 3 is 2.66 bits per heavy atom. The van der Waals surface area contributed by atoms with Gasteiger partial charge in [0.25, 0.3) is 0 Å². The predicted octanol–water partition coefficient (Wildman–Crippen LogP) is 3.08. The van der Waals surface area contributed by atoms with Crippen molar-refractivity contribution < 1.29 is 4.79 Å². The number of rotatable bonds is 6. The van der Waals surface area contributed by atoms with Crippen LogP contribution in [0.2, 0.25) is 0 Å². The van der Waals surface area contributed by atoms with Gasteiger partial charge in [-0.1, -0.05) is 65.3 Å². The summed E-state index contributed by atoms with van der Waals surface area (Å²) in [5.74, 6) is 1.08. The summed E-state index contributed by atoms with van der Waals surface area (Å²) in [6.07, 6.45) is 4.74. The maximum Gasteiger partial charge on any atom is 0.210 e. The molecule has 1 aromatic carbocycles. The molecule has 0 amide bonds. The number of pyridine rings is 1. The van der Waals surface area contributed by atoms with Gasteiger partial charge in [0.05, 0.1) is 22.9 Å². The van der Waals surface area contributed by atoms with Gasteiger partial charge < -0.3 is 5.32 Å². The van der Waals surface area contributed by atoms with Crippen LogP contribution in [0.3, 0.4) is 0 Å². The van der Waals surface area contributed by atoms with E-state index in [0.29, 0.717) is 18.3 Å². The molecule has 2 heterocycles. The minimum absolute atomic E-state index is 0.137. The van der Waals surface area contributed by atoms with Crippen LogP contribution >= 0.6 is 15.9 Å². The van der Waals surface area contributed by atoms with Crippen molar-refractivity contribution in [3.63, 3.8) is 0 Å². The van der Waals surface area contributed by atoms with E-state index >= 15 is 0 Å². The normalized spacial score (nSPS) is 15.4. The number of fused-ring (bicyclic) bond motifs is 1. The number of anilines is 1. The Morgan fingerprint density at radius 1 is 1.14 bits per heavy atom. The SMILES string of the molecule is CC1CC=c2nc(C(=O)CBr)nc(NCc3ccccn3)c2=C1c1ccccc1. The van der Waals surface area contributed by atoms with E-state index in [9.17, 15) is 4.79 Å². The number of carbonyl (C=O) groups is 1. The van der Waals surface area contributed by atoms with Gasteiger partial charge in [-0.05, 0) is 35.6 Å². The number of hydrogen-bond acceptors (Lipinski definition) is 5. The second kappa shape index (κ2) is 8.66. The number of alkyl halides is 1. The van der Waals surface area contributed by atoms with Crippen molar-refractivity contribution in [2.24, 2.45) is 5.92 Å². The molecule has 0 radical (unpaired) electrons. The maximum atomic E-state index is 12.3. The van der Waals surface area contributed by atoms with Crippen LogP contribution in [0.4, 0.5) is 5.82 Å². The third kappa shape index (κ3) is 4.12. The highest BCUT2D eigenvalue weighted by atomic mass is 79.9. The summed E-state index contributed by atoms with van der Waals surface area (Å²) in [6, 6.07) is 16.1. The highest BCUT2D eigenvalue weighted by molar-refractivity contribution is 9.09. The van der Waals surface area contributed by atoms with Gasteiger partial charge in [0.15, 0.2) is 5.82 Å². The molecule has 4 rings (SSSR count). The molecule has 0 bridgehead atoms. The maximum absolute atomic E-state index is 12.3. The molecule has 1 N–H and O–H groups in total. The Balaban J connectivity index is 1.92. The molecule has 1 unspecified atom stereocenters. The second-order valence-electron chi connectivity index (χ2n) is 7.01. The number of ketones is 1. The smallest absolute Gasteiger partial charge is 0.210 e. The van der Waals surface area contributed by atoms with Crippen molar-refractivity contribution in [1.29, 1.82) is 0 Å². The molecule has 1 aliphatic carbocycles. The quantitative estimate of drug-likeness (QED) is 0.463. The van der Waals surface area contributed by atoms with Crippen LogP contribution in [0.25, 0.3) is 11.6 Å². The lowest BCUT2D eigenvalue weighted by Crippen LogP contribution is -2.40. The van der Waals surface area contributed by atoms with Gasteiger partial charge in [-0.15, -0.1) is 0 Å². The molecule has 29 heavy (non-hydrogen) atoms. The van der Waals surface area contributed by atoms with Crippen molar-refractivity contribution in [3.8, 4) is 0 Å². The number of nitrogens with one attached hydrogen (secondary N) is 1. The molecule has 0 aliphatic heterocycles. The minimum atomic E-state index is -0.137. The lowest BCUT2D eigenvalue weighted by atomic mass is 9.86. The predicted molar refractivity (Wildman–Crippen MR) is 118 cm³/mol. The number of hydrogen-bond donors (Lipinski definition) is 1. The molecule has 1 atom stereocenters. The van der Waals surface area contributed by atoms with E-state index in [0.717, 1.165) is 28.2 Å². The first-order valence-electron chi connectivity index (χ1n) is 9.58. The van der Waals surface area contributed by atoms with Gasteiger partial charge in [0, 0.05) is 11.4 Å². The molecule has 146 valence electrons. The number of halogens is 1.